The van der Waals surface area contributed by atoms with E-state index in [1.54, 1.807) is 12.3 Å². The minimum absolute atomic E-state index is 0.00807. The van der Waals surface area contributed by atoms with Crippen LogP contribution in [0.1, 0.15) is 18.9 Å². The molecule has 2 heterocycles. The maximum atomic E-state index is 12.5. The number of hydrogen-bond donors (Lipinski definition) is 2. The average molecular weight is 406 g/mol. The molecule has 0 aliphatic carbocycles. The predicted molar refractivity (Wildman–Crippen MR) is 103 cm³/mol. The summed E-state index contributed by atoms with van der Waals surface area (Å²) in [5.41, 5.74) is 3.83. The lowest BCUT2D eigenvalue weighted by molar-refractivity contribution is -0.131. The molecule has 1 aromatic carbocycles. The first kappa shape index (κ1) is 20.1. The highest BCUT2D eigenvalue weighted by molar-refractivity contribution is 7.92. The Bertz CT molecular complexity index is 1080. The number of carbonyl (C=O) groups is 1. The van der Waals surface area contributed by atoms with Gasteiger partial charge in [0, 0.05) is 31.5 Å². The molecule has 0 saturated carbocycles. The van der Waals surface area contributed by atoms with Crippen LogP contribution in [0.4, 0.5) is 0 Å². The maximum absolute atomic E-state index is 12.5. The van der Waals surface area contributed by atoms with Gasteiger partial charge in [0.05, 0.1) is 6.61 Å². The molecule has 1 unspecified atom stereocenters. The van der Waals surface area contributed by atoms with Crippen molar-refractivity contribution < 1.29 is 23.2 Å². The largest absolute Gasteiger partial charge is 0.493 e. The molecule has 0 spiro atoms. The van der Waals surface area contributed by atoms with Gasteiger partial charge < -0.3 is 9.30 Å². The molecule has 0 fully saturated rings. The van der Waals surface area contributed by atoms with Gasteiger partial charge in [0.2, 0.25) is 0 Å². The topological polar surface area (TPSA) is 115 Å². The third kappa shape index (κ3) is 3.67. The van der Waals surface area contributed by atoms with E-state index in [2.05, 4.69) is 0 Å². The van der Waals surface area contributed by atoms with Gasteiger partial charge >= 0.3 is 0 Å². The molecular weight excluding hydrogens is 384 g/mol. The van der Waals surface area contributed by atoms with Crippen LogP contribution in [0, 0.1) is 0 Å². The van der Waals surface area contributed by atoms with Gasteiger partial charge in [-0.3, -0.25) is 14.8 Å². The standard InChI is InChI=1S/C19H22N2O6S/c1-19(18(23)20-24,28(2,25)26)7-9-21-8-5-14(12-17(21)22)13-3-4-16-15(11-13)6-10-27-16/h3-5,8,11-12,24H,6-7,9-10H2,1-2H3,(H,20,23). The first-order valence-corrected chi connectivity index (χ1v) is 10.7. The van der Waals surface area contributed by atoms with Crippen LogP contribution in [-0.2, 0) is 27.6 Å². The van der Waals surface area contributed by atoms with E-state index in [1.165, 1.54) is 23.0 Å². The molecule has 2 aromatic rings. The van der Waals surface area contributed by atoms with Crippen molar-refractivity contribution in [3.63, 3.8) is 0 Å². The Morgan fingerprint density at radius 3 is 2.64 bits per heavy atom. The molecule has 150 valence electrons. The van der Waals surface area contributed by atoms with E-state index in [1.807, 2.05) is 18.2 Å². The van der Waals surface area contributed by atoms with Gasteiger partial charge in [-0.25, -0.2) is 13.9 Å². The number of aryl methyl sites for hydroxylation is 1. The third-order valence-corrected chi connectivity index (χ3v) is 7.28. The molecule has 2 N–H and O–H groups in total. The van der Waals surface area contributed by atoms with E-state index in [0.29, 0.717) is 6.61 Å². The second kappa shape index (κ2) is 7.40. The van der Waals surface area contributed by atoms with Crippen LogP contribution in [0.3, 0.4) is 0 Å². The number of amides is 1. The van der Waals surface area contributed by atoms with Crippen molar-refractivity contribution in [3.8, 4) is 16.9 Å². The normalized spacial score (nSPS) is 15.4. The number of nitrogens with zero attached hydrogens (tertiary/aromatic N) is 1. The molecule has 9 heteroatoms. The Morgan fingerprint density at radius 2 is 2.00 bits per heavy atom. The fourth-order valence-corrected chi connectivity index (χ4v) is 4.00. The second-order valence-corrected chi connectivity index (χ2v) is 9.51. The predicted octanol–water partition coefficient (Wildman–Crippen LogP) is 1.15. The van der Waals surface area contributed by atoms with Crippen LogP contribution in [0.25, 0.3) is 11.1 Å². The van der Waals surface area contributed by atoms with Crippen molar-refractivity contribution in [2.75, 3.05) is 12.9 Å². The van der Waals surface area contributed by atoms with E-state index in [0.717, 1.165) is 35.1 Å². The number of fused-ring (bicyclic) bond motifs is 1. The fraction of sp³-hybridized carbons (Fsp3) is 0.368. The first-order chi connectivity index (χ1) is 13.2. The molecule has 8 nitrogen and oxygen atoms in total. The van der Waals surface area contributed by atoms with Crippen LogP contribution in [0.2, 0.25) is 0 Å². The lowest BCUT2D eigenvalue weighted by Crippen LogP contribution is -2.49. The van der Waals surface area contributed by atoms with E-state index in [4.69, 9.17) is 9.94 Å². The van der Waals surface area contributed by atoms with E-state index >= 15 is 0 Å². The van der Waals surface area contributed by atoms with Gasteiger partial charge in [0.25, 0.3) is 11.5 Å². The van der Waals surface area contributed by atoms with Crippen LogP contribution >= 0.6 is 0 Å². The summed E-state index contributed by atoms with van der Waals surface area (Å²) in [6.45, 7) is 1.88. The number of aromatic nitrogens is 1. The van der Waals surface area contributed by atoms with Gasteiger partial charge in [-0.15, -0.1) is 0 Å². The molecule has 3 rings (SSSR count). The highest BCUT2D eigenvalue weighted by Crippen LogP contribution is 2.30. The summed E-state index contributed by atoms with van der Waals surface area (Å²) in [5, 5.41) is 8.87. The van der Waals surface area contributed by atoms with Gasteiger partial charge in [-0.2, -0.15) is 0 Å². The van der Waals surface area contributed by atoms with Crippen molar-refractivity contribution in [1.29, 1.82) is 0 Å². The van der Waals surface area contributed by atoms with Crippen LogP contribution < -0.4 is 15.8 Å². The quantitative estimate of drug-likeness (QED) is 0.549. The lowest BCUT2D eigenvalue weighted by atomic mass is 10.0. The monoisotopic (exact) mass is 406 g/mol. The maximum Gasteiger partial charge on any atom is 0.264 e. The lowest BCUT2D eigenvalue weighted by Gasteiger charge is -2.25. The van der Waals surface area contributed by atoms with Gasteiger partial charge in [-0.1, -0.05) is 6.07 Å². The number of ether oxygens (including phenoxy) is 1. The minimum atomic E-state index is -3.82. The van der Waals surface area contributed by atoms with Crippen molar-refractivity contribution in [1.82, 2.24) is 10.0 Å². The van der Waals surface area contributed by atoms with E-state index in [-0.39, 0.29) is 18.5 Å². The number of benzene rings is 1. The summed E-state index contributed by atoms with van der Waals surface area (Å²) in [6, 6.07) is 9.00. The van der Waals surface area contributed by atoms with Gasteiger partial charge in [-0.05, 0) is 48.2 Å². The van der Waals surface area contributed by atoms with Gasteiger partial charge in [0.1, 0.15) is 5.75 Å². The van der Waals surface area contributed by atoms with Crippen molar-refractivity contribution in [2.45, 2.75) is 31.1 Å². The number of hydrogen-bond acceptors (Lipinski definition) is 6. The second-order valence-electron chi connectivity index (χ2n) is 7.06. The number of nitrogens with one attached hydrogen (secondary N) is 1. The van der Waals surface area contributed by atoms with Crippen LogP contribution in [0.15, 0.2) is 41.3 Å². The number of rotatable bonds is 6. The van der Waals surface area contributed by atoms with Crippen LogP contribution in [-0.4, -0.2) is 41.7 Å². The molecule has 0 radical (unpaired) electrons. The fourth-order valence-electron chi connectivity index (χ4n) is 3.16. The molecule has 1 aliphatic rings. The third-order valence-electron chi connectivity index (χ3n) is 5.25. The molecule has 1 aromatic heterocycles. The first-order valence-electron chi connectivity index (χ1n) is 8.76. The zero-order chi connectivity index (χ0) is 20.5. The Hall–Kier alpha value is -2.65. The molecule has 1 atom stereocenters. The number of carbonyl (C=O) groups excluding carboxylic acids is 1. The zero-order valence-electron chi connectivity index (χ0n) is 15.6. The van der Waals surface area contributed by atoms with Crippen LogP contribution in [0.5, 0.6) is 5.75 Å². The highest BCUT2D eigenvalue weighted by Gasteiger charge is 2.43. The average Bonchev–Trinajstić information content (AvgIpc) is 3.12. The summed E-state index contributed by atoms with van der Waals surface area (Å²) >= 11 is 0. The Kier molecular flexibility index (Phi) is 5.31. The van der Waals surface area contributed by atoms with Crippen molar-refractivity contribution in [2.24, 2.45) is 0 Å². The summed E-state index contributed by atoms with van der Waals surface area (Å²) in [5.74, 6) is -0.167. The minimum Gasteiger partial charge on any atom is -0.493 e. The van der Waals surface area contributed by atoms with E-state index < -0.39 is 20.5 Å². The highest BCUT2D eigenvalue weighted by atomic mass is 32.2. The summed E-state index contributed by atoms with van der Waals surface area (Å²) in [4.78, 5) is 24.4. The zero-order valence-corrected chi connectivity index (χ0v) is 16.5. The molecule has 0 bridgehead atoms. The summed E-state index contributed by atoms with van der Waals surface area (Å²) in [6.07, 6.45) is 3.16. The molecule has 1 amide bonds. The number of pyridine rings is 1. The smallest absolute Gasteiger partial charge is 0.264 e. The van der Waals surface area contributed by atoms with Crippen molar-refractivity contribution in [3.05, 3.63) is 52.4 Å². The van der Waals surface area contributed by atoms with Crippen molar-refractivity contribution >= 4 is 15.7 Å². The number of sulfone groups is 1. The molecule has 0 saturated heterocycles. The molecular formula is C19H22N2O6S. The number of hydroxylamine groups is 1. The molecule has 28 heavy (non-hydrogen) atoms. The Labute approximate surface area is 162 Å². The summed E-state index contributed by atoms with van der Waals surface area (Å²) in [7, 11) is -3.82. The summed E-state index contributed by atoms with van der Waals surface area (Å²) < 4.78 is 29.0. The van der Waals surface area contributed by atoms with E-state index in [9.17, 15) is 18.0 Å². The SMILES string of the molecule is CC(CCn1ccc(-c2ccc3c(c2)CCO3)cc1=O)(C(=O)NO)S(C)(=O)=O. The molecule has 1 aliphatic heterocycles. The Morgan fingerprint density at radius 1 is 1.29 bits per heavy atom. The Balaban J connectivity index is 1.83. The van der Waals surface area contributed by atoms with Gasteiger partial charge in [0.15, 0.2) is 14.6 Å².